The highest BCUT2D eigenvalue weighted by molar-refractivity contribution is 6.08. The number of nitrogen functional groups attached to an aromatic ring is 1. The molecule has 1 spiro atoms. The molecule has 1 amide bonds. The van der Waals surface area contributed by atoms with Crippen molar-refractivity contribution in [3.05, 3.63) is 71.3 Å². The maximum absolute atomic E-state index is 13.4. The molecule has 1 fully saturated rings. The van der Waals surface area contributed by atoms with E-state index in [1.54, 1.807) is 17.3 Å². The molecule has 8 nitrogen and oxygen atoms in total. The van der Waals surface area contributed by atoms with Gasteiger partial charge in [0.2, 0.25) is 0 Å². The Hall–Kier alpha value is -3.52. The SMILES string of the molecule is CC1(C)CN(C(=O)c2ncc(N3CCC4(CC3)Cc3ccccc3[C@H]4N)nc2N)c2cccnc21. The summed E-state index contributed by atoms with van der Waals surface area (Å²) in [6.07, 6.45) is 6.44. The first-order valence-corrected chi connectivity index (χ1v) is 12.3. The second-order valence-electron chi connectivity index (χ2n) is 10.8. The smallest absolute Gasteiger partial charge is 0.280 e. The number of pyridine rings is 1. The lowest BCUT2D eigenvalue weighted by Crippen LogP contribution is -2.44. The Bertz CT molecular complexity index is 1310. The standard InChI is InChI=1S/C27H31N7O/c1-26(2)16-34(19-8-5-11-30-23(19)26)25(35)21-24(29)32-20(15-31-21)33-12-9-27(10-13-33)14-17-6-3-4-7-18(17)22(27)28/h3-8,11,15,22H,9-10,12-14,16,28H2,1-2H3,(H2,29,32)/t22-/m1/s1. The highest BCUT2D eigenvalue weighted by Gasteiger charge is 2.46. The third kappa shape index (κ3) is 3.38. The van der Waals surface area contributed by atoms with Crippen LogP contribution in [0.5, 0.6) is 0 Å². The van der Waals surface area contributed by atoms with Crippen molar-refractivity contribution in [3.63, 3.8) is 0 Å². The van der Waals surface area contributed by atoms with Crippen LogP contribution in [0, 0.1) is 5.41 Å². The maximum atomic E-state index is 13.4. The first-order valence-electron chi connectivity index (χ1n) is 12.3. The van der Waals surface area contributed by atoms with Crippen LogP contribution >= 0.6 is 0 Å². The molecule has 1 saturated heterocycles. The first-order chi connectivity index (χ1) is 16.8. The molecule has 8 heteroatoms. The van der Waals surface area contributed by atoms with Gasteiger partial charge in [-0.05, 0) is 47.9 Å². The van der Waals surface area contributed by atoms with Crippen LogP contribution in [0.15, 0.2) is 48.8 Å². The molecule has 3 aromatic rings. The van der Waals surface area contributed by atoms with Crippen molar-refractivity contribution in [2.45, 2.75) is 44.6 Å². The van der Waals surface area contributed by atoms with Crippen LogP contribution in [0.25, 0.3) is 0 Å². The van der Waals surface area contributed by atoms with Crippen molar-refractivity contribution >= 4 is 23.2 Å². The Morgan fingerprint density at radius 2 is 1.86 bits per heavy atom. The van der Waals surface area contributed by atoms with Crippen LogP contribution in [-0.2, 0) is 11.8 Å². The molecule has 0 saturated carbocycles. The molecule has 1 aromatic carbocycles. The van der Waals surface area contributed by atoms with Gasteiger partial charge in [-0.2, -0.15) is 0 Å². The Morgan fingerprint density at radius 1 is 1.09 bits per heavy atom. The minimum atomic E-state index is -0.242. The molecule has 3 aliphatic rings. The normalized spacial score (nSPS) is 21.7. The molecule has 1 atom stereocenters. The number of carbonyl (C=O) groups excluding carboxylic acids is 1. The molecule has 0 unspecified atom stereocenters. The molecule has 6 rings (SSSR count). The van der Waals surface area contributed by atoms with E-state index in [1.165, 1.54) is 11.1 Å². The average Bonchev–Trinajstić information content (AvgIpc) is 3.30. The van der Waals surface area contributed by atoms with Crippen LogP contribution in [-0.4, -0.2) is 40.5 Å². The Morgan fingerprint density at radius 3 is 2.60 bits per heavy atom. The number of carbonyl (C=O) groups is 1. The first kappa shape index (κ1) is 22.0. The van der Waals surface area contributed by atoms with Gasteiger partial charge in [-0.15, -0.1) is 0 Å². The molecule has 0 bridgehead atoms. The second kappa shape index (κ2) is 7.75. The van der Waals surface area contributed by atoms with E-state index < -0.39 is 0 Å². The van der Waals surface area contributed by atoms with Gasteiger partial charge in [0.25, 0.3) is 5.91 Å². The zero-order valence-corrected chi connectivity index (χ0v) is 20.2. The summed E-state index contributed by atoms with van der Waals surface area (Å²) in [4.78, 5) is 30.9. The molecule has 1 aliphatic carbocycles. The van der Waals surface area contributed by atoms with E-state index in [1.807, 2.05) is 12.1 Å². The number of nitrogens with zero attached hydrogens (tertiary/aromatic N) is 5. The number of aromatic nitrogens is 3. The van der Waals surface area contributed by atoms with Gasteiger partial charge in [0.1, 0.15) is 5.82 Å². The van der Waals surface area contributed by atoms with Crippen molar-refractivity contribution in [1.82, 2.24) is 15.0 Å². The van der Waals surface area contributed by atoms with Gasteiger partial charge < -0.3 is 21.3 Å². The summed E-state index contributed by atoms with van der Waals surface area (Å²) in [5.41, 5.74) is 17.4. The summed E-state index contributed by atoms with van der Waals surface area (Å²) in [7, 11) is 0. The van der Waals surface area contributed by atoms with Crippen LogP contribution in [0.1, 0.15) is 60.0 Å². The van der Waals surface area contributed by atoms with Gasteiger partial charge in [0.15, 0.2) is 11.5 Å². The van der Waals surface area contributed by atoms with E-state index in [0.29, 0.717) is 12.4 Å². The summed E-state index contributed by atoms with van der Waals surface area (Å²) < 4.78 is 0. The van der Waals surface area contributed by atoms with E-state index in [4.69, 9.17) is 11.5 Å². The van der Waals surface area contributed by atoms with Gasteiger partial charge in [0.05, 0.1) is 17.6 Å². The van der Waals surface area contributed by atoms with E-state index in [-0.39, 0.29) is 34.3 Å². The van der Waals surface area contributed by atoms with E-state index in [9.17, 15) is 4.79 Å². The summed E-state index contributed by atoms with van der Waals surface area (Å²) >= 11 is 0. The van der Waals surface area contributed by atoms with Crippen molar-refractivity contribution in [2.75, 3.05) is 35.2 Å². The number of nitrogens with two attached hydrogens (primary N) is 2. The Labute approximate surface area is 205 Å². The zero-order chi connectivity index (χ0) is 24.4. The summed E-state index contributed by atoms with van der Waals surface area (Å²) in [6, 6.07) is 12.4. The van der Waals surface area contributed by atoms with Gasteiger partial charge in [-0.1, -0.05) is 38.1 Å². The van der Waals surface area contributed by atoms with Crippen molar-refractivity contribution in [1.29, 1.82) is 0 Å². The number of hydrogen-bond acceptors (Lipinski definition) is 7. The maximum Gasteiger partial charge on any atom is 0.280 e. The molecule has 2 aliphatic heterocycles. The lowest BCUT2D eigenvalue weighted by Gasteiger charge is -2.42. The Balaban J connectivity index is 1.19. The summed E-state index contributed by atoms with van der Waals surface area (Å²) in [6.45, 7) is 6.37. The highest BCUT2D eigenvalue weighted by Crippen LogP contribution is 2.51. The average molecular weight is 470 g/mol. The molecule has 180 valence electrons. The van der Waals surface area contributed by atoms with Gasteiger partial charge in [-0.3, -0.25) is 9.78 Å². The van der Waals surface area contributed by atoms with Crippen molar-refractivity contribution in [2.24, 2.45) is 11.1 Å². The number of rotatable bonds is 2. The number of hydrogen-bond donors (Lipinski definition) is 2. The van der Waals surface area contributed by atoms with E-state index in [2.05, 4.69) is 58.0 Å². The quantitative estimate of drug-likeness (QED) is 0.592. The summed E-state index contributed by atoms with van der Waals surface area (Å²) in [5, 5.41) is 0. The van der Waals surface area contributed by atoms with Crippen molar-refractivity contribution < 1.29 is 4.79 Å². The second-order valence-corrected chi connectivity index (χ2v) is 10.8. The fourth-order valence-corrected chi connectivity index (χ4v) is 6.20. The molecular weight excluding hydrogens is 438 g/mol. The predicted octanol–water partition coefficient (Wildman–Crippen LogP) is 3.23. The van der Waals surface area contributed by atoms with Crippen LogP contribution in [0.4, 0.5) is 17.3 Å². The fraction of sp³-hybridized carbons (Fsp3) is 0.407. The van der Waals surface area contributed by atoms with Crippen LogP contribution < -0.4 is 21.3 Å². The minimum Gasteiger partial charge on any atom is -0.382 e. The van der Waals surface area contributed by atoms with Crippen molar-refractivity contribution in [3.8, 4) is 0 Å². The monoisotopic (exact) mass is 469 g/mol. The van der Waals surface area contributed by atoms with Crippen LogP contribution in [0.2, 0.25) is 0 Å². The molecular formula is C27H31N7O. The van der Waals surface area contributed by atoms with E-state index in [0.717, 1.165) is 43.7 Å². The number of piperidine rings is 1. The van der Waals surface area contributed by atoms with E-state index >= 15 is 0 Å². The Kier molecular flexibility index (Phi) is 4.86. The third-order valence-electron chi connectivity index (χ3n) is 8.18. The molecule has 4 N–H and O–H groups in total. The predicted molar refractivity (Wildman–Crippen MR) is 136 cm³/mol. The topological polar surface area (TPSA) is 114 Å². The largest absolute Gasteiger partial charge is 0.382 e. The number of benzene rings is 1. The van der Waals surface area contributed by atoms with Crippen LogP contribution in [0.3, 0.4) is 0 Å². The molecule has 0 radical (unpaired) electrons. The number of amides is 1. The lowest BCUT2D eigenvalue weighted by molar-refractivity contribution is 0.0982. The van der Waals surface area contributed by atoms with Gasteiger partial charge in [-0.25, -0.2) is 9.97 Å². The van der Waals surface area contributed by atoms with Gasteiger partial charge in [0, 0.05) is 37.3 Å². The summed E-state index contributed by atoms with van der Waals surface area (Å²) in [5.74, 6) is 0.628. The molecule has 2 aromatic heterocycles. The highest BCUT2D eigenvalue weighted by atomic mass is 16.2. The third-order valence-corrected chi connectivity index (χ3v) is 8.18. The number of fused-ring (bicyclic) bond motifs is 2. The lowest BCUT2D eigenvalue weighted by atomic mass is 9.73. The molecule has 35 heavy (non-hydrogen) atoms. The minimum absolute atomic E-state index is 0.0686. The van der Waals surface area contributed by atoms with Gasteiger partial charge >= 0.3 is 0 Å². The zero-order valence-electron chi connectivity index (χ0n) is 20.2. The molecule has 4 heterocycles. The number of anilines is 3. The fourth-order valence-electron chi connectivity index (χ4n) is 6.20.